The molecule has 9 heteroatoms. The van der Waals surface area contributed by atoms with Gasteiger partial charge in [0.1, 0.15) is 5.69 Å². The summed E-state index contributed by atoms with van der Waals surface area (Å²) in [6, 6.07) is 8.41. The van der Waals surface area contributed by atoms with E-state index in [9.17, 15) is 22.0 Å². The zero-order valence-electron chi connectivity index (χ0n) is 12.7. The maximum Gasteiger partial charge on any atom is 0.416 e. The Labute approximate surface area is 154 Å². The highest BCUT2D eigenvalue weighted by Gasteiger charge is 2.31. The van der Waals surface area contributed by atoms with Crippen LogP contribution in [0.3, 0.4) is 0 Å². The van der Waals surface area contributed by atoms with Crippen molar-refractivity contribution >= 4 is 45.5 Å². The van der Waals surface area contributed by atoms with Gasteiger partial charge in [-0.2, -0.15) is 13.2 Å². The number of pyridine rings is 1. The molecule has 0 bridgehead atoms. The molecule has 0 fully saturated rings. The summed E-state index contributed by atoms with van der Waals surface area (Å²) in [5.74, 6) is 0. The predicted molar refractivity (Wildman–Crippen MR) is 91.4 cm³/mol. The van der Waals surface area contributed by atoms with Gasteiger partial charge >= 0.3 is 6.18 Å². The second-order valence-electron chi connectivity index (χ2n) is 5.38. The Hall–Kier alpha value is -2.12. The molecule has 0 atom stereocenters. The molecule has 0 saturated heterocycles. The number of nitrogens with zero attached hydrogens (tertiary/aromatic N) is 1. The standard InChI is InChI=1S/C17H9Cl2F5N2/c18-11-4-2-9(6-12(11)19)25-14-7-15(16(20)21)26-13-5-8(17(22,23)24)1-3-10(13)14/h1-7,16H,(H,25,26). The van der Waals surface area contributed by atoms with E-state index in [2.05, 4.69) is 10.3 Å². The topological polar surface area (TPSA) is 24.9 Å². The molecule has 0 radical (unpaired) electrons. The van der Waals surface area contributed by atoms with E-state index in [1.165, 1.54) is 18.2 Å². The summed E-state index contributed by atoms with van der Waals surface area (Å²) < 4.78 is 64.9. The summed E-state index contributed by atoms with van der Waals surface area (Å²) in [6.07, 6.45) is -7.54. The first-order valence-corrected chi connectivity index (χ1v) is 7.93. The fourth-order valence-corrected chi connectivity index (χ4v) is 2.67. The molecule has 2 nitrogen and oxygen atoms in total. The van der Waals surface area contributed by atoms with E-state index in [0.717, 1.165) is 18.2 Å². The minimum Gasteiger partial charge on any atom is -0.355 e. The zero-order valence-corrected chi connectivity index (χ0v) is 14.2. The number of halogens is 7. The summed E-state index contributed by atoms with van der Waals surface area (Å²) in [6.45, 7) is 0. The number of nitrogens with one attached hydrogen (secondary N) is 1. The van der Waals surface area contributed by atoms with Gasteiger partial charge in [0.2, 0.25) is 0 Å². The minimum atomic E-state index is -4.60. The van der Waals surface area contributed by atoms with E-state index < -0.39 is 23.9 Å². The van der Waals surface area contributed by atoms with Gasteiger partial charge in [-0.3, -0.25) is 0 Å². The molecule has 1 aromatic heterocycles. The first-order valence-electron chi connectivity index (χ1n) is 7.17. The number of aromatic nitrogens is 1. The Bertz CT molecular complexity index is 973. The Morgan fingerprint density at radius 1 is 0.923 bits per heavy atom. The molecule has 0 unspecified atom stereocenters. The van der Waals surface area contributed by atoms with Gasteiger partial charge in [0.05, 0.1) is 21.1 Å². The SMILES string of the molecule is FC(F)c1cc(Nc2ccc(Cl)c(Cl)c2)c2ccc(C(F)(F)F)cc2n1. The van der Waals surface area contributed by atoms with E-state index in [-0.39, 0.29) is 21.6 Å². The van der Waals surface area contributed by atoms with Crippen LogP contribution in [0, 0.1) is 0 Å². The van der Waals surface area contributed by atoms with E-state index in [1.54, 1.807) is 6.07 Å². The van der Waals surface area contributed by atoms with Gasteiger partial charge in [-0.1, -0.05) is 29.3 Å². The van der Waals surface area contributed by atoms with Crippen LogP contribution in [0.5, 0.6) is 0 Å². The van der Waals surface area contributed by atoms with Crippen LogP contribution in [0.2, 0.25) is 10.0 Å². The van der Waals surface area contributed by atoms with Crippen molar-refractivity contribution < 1.29 is 22.0 Å². The summed E-state index contributed by atoms with van der Waals surface area (Å²) >= 11 is 11.8. The Morgan fingerprint density at radius 2 is 1.65 bits per heavy atom. The first-order chi connectivity index (χ1) is 12.1. The van der Waals surface area contributed by atoms with Gasteiger partial charge in [0.25, 0.3) is 6.43 Å². The van der Waals surface area contributed by atoms with Gasteiger partial charge in [-0.15, -0.1) is 0 Å². The van der Waals surface area contributed by atoms with Gasteiger partial charge in [0, 0.05) is 16.8 Å². The number of benzene rings is 2. The third kappa shape index (κ3) is 3.83. The van der Waals surface area contributed by atoms with Crippen LogP contribution in [-0.2, 0) is 6.18 Å². The predicted octanol–water partition coefficient (Wildman–Crippen LogP) is 7.24. The van der Waals surface area contributed by atoms with E-state index in [0.29, 0.717) is 10.7 Å². The average molecular weight is 407 g/mol. The van der Waals surface area contributed by atoms with Crippen molar-refractivity contribution in [3.05, 3.63) is 63.8 Å². The lowest BCUT2D eigenvalue weighted by atomic mass is 10.1. The molecule has 1 heterocycles. The largest absolute Gasteiger partial charge is 0.416 e. The Morgan fingerprint density at radius 3 is 2.27 bits per heavy atom. The van der Waals surface area contributed by atoms with Gasteiger partial charge in [-0.05, 0) is 36.4 Å². The molecule has 0 amide bonds. The van der Waals surface area contributed by atoms with Gasteiger partial charge in [-0.25, -0.2) is 13.8 Å². The highest BCUT2D eigenvalue weighted by Crippen LogP contribution is 2.36. The molecule has 0 aliphatic rings. The molecule has 0 saturated carbocycles. The normalized spacial score (nSPS) is 12.0. The van der Waals surface area contributed by atoms with Gasteiger partial charge in [0.15, 0.2) is 0 Å². The minimum absolute atomic E-state index is 0.178. The Balaban J connectivity index is 2.14. The fraction of sp³-hybridized carbons (Fsp3) is 0.118. The summed E-state index contributed by atoms with van der Waals surface area (Å²) in [5.41, 5.74) is -1.19. The average Bonchev–Trinajstić information content (AvgIpc) is 2.56. The quantitative estimate of drug-likeness (QED) is 0.463. The third-order valence-corrected chi connectivity index (χ3v) is 4.32. The van der Waals surface area contributed by atoms with Crippen molar-refractivity contribution in [1.29, 1.82) is 0 Å². The molecule has 2 aromatic carbocycles. The lowest BCUT2D eigenvalue weighted by Gasteiger charge is -2.14. The Kier molecular flexibility index (Phi) is 4.94. The fourth-order valence-electron chi connectivity index (χ4n) is 2.37. The number of hydrogen-bond donors (Lipinski definition) is 1. The maximum absolute atomic E-state index is 13.1. The van der Waals surface area contributed by atoms with E-state index in [4.69, 9.17) is 23.2 Å². The van der Waals surface area contributed by atoms with Crippen LogP contribution < -0.4 is 5.32 Å². The van der Waals surface area contributed by atoms with Crippen LogP contribution in [0.15, 0.2) is 42.5 Å². The van der Waals surface area contributed by atoms with Crippen molar-refractivity contribution in [2.24, 2.45) is 0 Å². The second-order valence-corrected chi connectivity index (χ2v) is 6.19. The lowest BCUT2D eigenvalue weighted by molar-refractivity contribution is -0.137. The van der Waals surface area contributed by atoms with Crippen molar-refractivity contribution in [1.82, 2.24) is 4.98 Å². The highest BCUT2D eigenvalue weighted by molar-refractivity contribution is 6.42. The van der Waals surface area contributed by atoms with Gasteiger partial charge < -0.3 is 5.32 Å². The van der Waals surface area contributed by atoms with Crippen molar-refractivity contribution in [2.75, 3.05) is 5.32 Å². The number of rotatable bonds is 3. The van der Waals surface area contributed by atoms with Crippen LogP contribution in [0.4, 0.5) is 33.3 Å². The van der Waals surface area contributed by atoms with E-state index in [1.807, 2.05) is 0 Å². The first kappa shape index (κ1) is 18.7. The van der Waals surface area contributed by atoms with Crippen LogP contribution in [-0.4, -0.2) is 4.98 Å². The van der Waals surface area contributed by atoms with Crippen molar-refractivity contribution in [3.63, 3.8) is 0 Å². The monoisotopic (exact) mass is 406 g/mol. The molecule has 0 aliphatic heterocycles. The molecule has 0 aliphatic carbocycles. The smallest absolute Gasteiger partial charge is 0.355 e. The maximum atomic E-state index is 13.1. The number of hydrogen-bond acceptors (Lipinski definition) is 2. The highest BCUT2D eigenvalue weighted by atomic mass is 35.5. The summed E-state index contributed by atoms with van der Waals surface area (Å²) in [5, 5.41) is 3.67. The molecule has 1 N–H and O–H groups in total. The van der Waals surface area contributed by atoms with E-state index >= 15 is 0 Å². The molecule has 136 valence electrons. The van der Waals surface area contributed by atoms with Crippen molar-refractivity contribution in [2.45, 2.75) is 12.6 Å². The molecular formula is C17H9Cl2F5N2. The lowest BCUT2D eigenvalue weighted by Crippen LogP contribution is -2.05. The van der Waals surface area contributed by atoms with Crippen LogP contribution >= 0.6 is 23.2 Å². The molecular weight excluding hydrogens is 398 g/mol. The van der Waals surface area contributed by atoms with Crippen LogP contribution in [0.1, 0.15) is 17.7 Å². The molecule has 26 heavy (non-hydrogen) atoms. The molecule has 0 spiro atoms. The number of alkyl halides is 5. The second kappa shape index (κ2) is 6.89. The summed E-state index contributed by atoms with van der Waals surface area (Å²) in [7, 11) is 0. The third-order valence-electron chi connectivity index (χ3n) is 3.58. The zero-order chi connectivity index (χ0) is 19.1. The number of fused-ring (bicyclic) bond motifs is 1. The molecule has 3 aromatic rings. The summed E-state index contributed by atoms with van der Waals surface area (Å²) in [4.78, 5) is 3.65. The van der Waals surface area contributed by atoms with Crippen LogP contribution in [0.25, 0.3) is 10.9 Å². The van der Waals surface area contributed by atoms with Crippen molar-refractivity contribution in [3.8, 4) is 0 Å². The number of anilines is 2. The molecule has 3 rings (SSSR count).